The normalized spacial score (nSPS) is 11.4. The lowest BCUT2D eigenvalue weighted by molar-refractivity contribution is -0.122. The fourth-order valence-electron chi connectivity index (χ4n) is 5.47. The average Bonchev–Trinajstić information content (AvgIpc) is 3.09. The molecule has 272 valence electrons. The zero-order valence-corrected chi connectivity index (χ0v) is 31.6. The largest absolute Gasteiger partial charge is 0.480 e. The predicted octanol–water partition coefficient (Wildman–Crippen LogP) is 9.44. The number of aryl methyl sites for hydroxylation is 2. The van der Waals surface area contributed by atoms with E-state index >= 15 is 0 Å². The van der Waals surface area contributed by atoms with Crippen LogP contribution < -0.4 is 35.2 Å². The van der Waals surface area contributed by atoms with Crippen molar-refractivity contribution in [1.82, 2.24) is 10.6 Å². The standard InChI is InChI=1S/C39H54ClN5O5/c1-9-14-22-41-38(47)45(30-19-17-29(18-20-30)44(12-4)13-5)32-25-31(36(35(40)28(32)8)50-39(48)42-23-15-10-2)43-37(46)33(11-3)49-34-21-16-26(6)24-27(34)7/h16-21,24-25,33H,9-15,22-23H2,1-8H3,(H,41,47)(H,42,48)(H,43,46). The number of nitrogens with zero attached hydrogens (tertiary/aromatic N) is 2. The first-order valence-corrected chi connectivity index (χ1v) is 18.1. The first-order chi connectivity index (χ1) is 24.0. The van der Waals surface area contributed by atoms with Gasteiger partial charge in [0.2, 0.25) is 0 Å². The minimum atomic E-state index is -0.868. The van der Waals surface area contributed by atoms with Crippen molar-refractivity contribution < 1.29 is 23.9 Å². The fourth-order valence-corrected chi connectivity index (χ4v) is 5.71. The third kappa shape index (κ3) is 10.5. The lowest BCUT2D eigenvalue weighted by Gasteiger charge is -2.28. The highest BCUT2D eigenvalue weighted by Gasteiger charge is 2.28. The molecule has 0 aliphatic carbocycles. The number of benzene rings is 3. The number of nitrogens with one attached hydrogen (secondary N) is 3. The zero-order valence-electron chi connectivity index (χ0n) is 30.9. The van der Waals surface area contributed by atoms with Gasteiger partial charge in [-0.3, -0.25) is 9.69 Å². The molecule has 0 radical (unpaired) electrons. The Hall–Kier alpha value is -4.44. The van der Waals surface area contributed by atoms with Gasteiger partial charge in [0.1, 0.15) is 5.75 Å². The molecule has 0 saturated heterocycles. The zero-order chi connectivity index (χ0) is 36.8. The maximum absolute atomic E-state index is 13.9. The maximum Gasteiger partial charge on any atom is 0.412 e. The van der Waals surface area contributed by atoms with Crippen LogP contribution in [0.15, 0.2) is 48.5 Å². The monoisotopic (exact) mass is 707 g/mol. The van der Waals surface area contributed by atoms with Crippen LogP contribution in [0.3, 0.4) is 0 Å². The van der Waals surface area contributed by atoms with E-state index < -0.39 is 18.1 Å². The van der Waals surface area contributed by atoms with Crippen molar-refractivity contribution in [2.75, 3.05) is 41.3 Å². The molecular formula is C39H54ClN5O5. The van der Waals surface area contributed by atoms with Crippen LogP contribution in [0.2, 0.25) is 5.02 Å². The summed E-state index contributed by atoms with van der Waals surface area (Å²) in [4.78, 5) is 44.4. The molecule has 0 fully saturated rings. The van der Waals surface area contributed by atoms with E-state index in [9.17, 15) is 14.4 Å². The molecule has 1 unspecified atom stereocenters. The number of unbranched alkanes of at least 4 members (excludes halogenated alkanes) is 2. The molecule has 3 N–H and O–H groups in total. The number of halogens is 1. The van der Waals surface area contributed by atoms with E-state index in [0.29, 0.717) is 42.2 Å². The van der Waals surface area contributed by atoms with Crippen molar-refractivity contribution in [1.29, 1.82) is 0 Å². The quantitative estimate of drug-likeness (QED) is 0.121. The molecule has 0 aliphatic heterocycles. The summed E-state index contributed by atoms with van der Waals surface area (Å²) in [5, 5.41) is 8.75. The molecule has 1 atom stereocenters. The highest BCUT2D eigenvalue weighted by atomic mass is 35.5. The van der Waals surface area contributed by atoms with Crippen LogP contribution in [0.25, 0.3) is 0 Å². The highest BCUT2D eigenvalue weighted by molar-refractivity contribution is 6.34. The van der Waals surface area contributed by atoms with Crippen LogP contribution in [0.1, 0.15) is 83.4 Å². The Morgan fingerprint density at radius 2 is 1.44 bits per heavy atom. The van der Waals surface area contributed by atoms with Crippen LogP contribution in [-0.4, -0.2) is 50.3 Å². The third-order valence-electron chi connectivity index (χ3n) is 8.44. The van der Waals surface area contributed by atoms with Crippen LogP contribution in [-0.2, 0) is 4.79 Å². The average molecular weight is 708 g/mol. The third-order valence-corrected chi connectivity index (χ3v) is 8.90. The van der Waals surface area contributed by atoms with Crippen LogP contribution in [0, 0.1) is 20.8 Å². The number of ether oxygens (including phenoxy) is 2. The molecule has 0 heterocycles. The van der Waals surface area contributed by atoms with Gasteiger partial charge in [0.25, 0.3) is 5.91 Å². The van der Waals surface area contributed by atoms with Gasteiger partial charge in [0, 0.05) is 31.9 Å². The molecule has 10 nitrogen and oxygen atoms in total. The van der Waals surface area contributed by atoms with E-state index in [4.69, 9.17) is 21.1 Å². The lowest BCUT2D eigenvalue weighted by atomic mass is 10.1. The Kier molecular flexibility index (Phi) is 15.7. The van der Waals surface area contributed by atoms with E-state index in [0.717, 1.165) is 55.6 Å². The van der Waals surface area contributed by atoms with E-state index in [2.05, 4.69) is 41.6 Å². The molecule has 3 aromatic carbocycles. The summed E-state index contributed by atoms with van der Waals surface area (Å²) in [6, 6.07) is 14.7. The number of carbonyl (C=O) groups is 3. The van der Waals surface area contributed by atoms with Crippen LogP contribution in [0.4, 0.5) is 32.3 Å². The molecule has 0 bridgehead atoms. The van der Waals surface area contributed by atoms with Crippen molar-refractivity contribution in [3.8, 4) is 11.5 Å². The molecule has 11 heteroatoms. The SMILES string of the molecule is CCCCNC(=O)Oc1c(NC(=O)C(CC)Oc2ccc(C)cc2C)cc(N(C(=O)NCCCC)c2ccc(N(CC)CC)cc2)c(C)c1Cl. The minimum absolute atomic E-state index is 0.0279. The fraction of sp³-hybridized carbons (Fsp3) is 0.462. The van der Waals surface area contributed by atoms with Crippen molar-refractivity contribution in [2.24, 2.45) is 0 Å². The van der Waals surface area contributed by atoms with Crippen molar-refractivity contribution in [3.63, 3.8) is 0 Å². The number of carbonyl (C=O) groups excluding carboxylic acids is 3. The summed E-state index contributed by atoms with van der Waals surface area (Å²) in [5.41, 5.74) is 4.64. The predicted molar refractivity (Wildman–Crippen MR) is 205 cm³/mol. The molecule has 0 spiro atoms. The second-order valence-corrected chi connectivity index (χ2v) is 12.6. The molecule has 3 aromatic rings. The van der Waals surface area contributed by atoms with E-state index in [1.807, 2.05) is 70.2 Å². The van der Waals surface area contributed by atoms with Gasteiger partial charge in [-0.1, -0.05) is 62.9 Å². The second kappa shape index (κ2) is 19.7. The van der Waals surface area contributed by atoms with Crippen molar-refractivity contribution in [2.45, 2.75) is 93.6 Å². The van der Waals surface area contributed by atoms with Crippen molar-refractivity contribution >= 4 is 52.4 Å². The summed E-state index contributed by atoms with van der Waals surface area (Å²) in [5.74, 6) is 0.104. The van der Waals surface area contributed by atoms with Crippen LogP contribution in [0.5, 0.6) is 11.5 Å². The van der Waals surface area contributed by atoms with E-state index in [1.165, 1.54) is 4.90 Å². The molecule has 50 heavy (non-hydrogen) atoms. The molecule has 0 aliphatic rings. The lowest BCUT2D eigenvalue weighted by Crippen LogP contribution is -2.38. The summed E-state index contributed by atoms with van der Waals surface area (Å²) in [6.07, 6.45) is 2.17. The summed E-state index contributed by atoms with van der Waals surface area (Å²) in [6.45, 7) is 18.4. The van der Waals surface area contributed by atoms with Gasteiger partial charge >= 0.3 is 12.1 Å². The molecule has 0 aromatic heterocycles. The second-order valence-electron chi connectivity index (χ2n) is 12.3. The Bertz CT molecular complexity index is 1590. The van der Waals surface area contributed by atoms with E-state index in [1.54, 1.807) is 13.0 Å². The van der Waals surface area contributed by atoms with Crippen LogP contribution >= 0.6 is 11.6 Å². The molecular weight excluding hydrogens is 654 g/mol. The summed E-state index contributed by atoms with van der Waals surface area (Å²) < 4.78 is 11.9. The van der Waals surface area contributed by atoms with Gasteiger partial charge in [-0.15, -0.1) is 0 Å². The molecule has 4 amide bonds. The topological polar surface area (TPSA) is 112 Å². The number of anilines is 4. The Morgan fingerprint density at radius 1 is 0.820 bits per heavy atom. The molecule has 0 saturated carbocycles. The summed E-state index contributed by atoms with van der Waals surface area (Å²) >= 11 is 6.99. The van der Waals surface area contributed by atoms with Crippen molar-refractivity contribution in [3.05, 3.63) is 70.2 Å². The van der Waals surface area contributed by atoms with Gasteiger partial charge < -0.3 is 30.3 Å². The highest BCUT2D eigenvalue weighted by Crippen LogP contribution is 2.44. The summed E-state index contributed by atoms with van der Waals surface area (Å²) in [7, 11) is 0. The molecule has 3 rings (SSSR count). The first kappa shape index (κ1) is 40.0. The Morgan fingerprint density at radius 3 is 2.02 bits per heavy atom. The van der Waals surface area contributed by atoms with Gasteiger partial charge in [-0.05, 0) is 101 Å². The van der Waals surface area contributed by atoms with Gasteiger partial charge in [-0.25, -0.2) is 9.59 Å². The van der Waals surface area contributed by atoms with Gasteiger partial charge in [-0.2, -0.15) is 0 Å². The number of hydrogen-bond acceptors (Lipinski definition) is 6. The van der Waals surface area contributed by atoms with Gasteiger partial charge in [0.15, 0.2) is 11.9 Å². The number of rotatable bonds is 17. The maximum atomic E-state index is 13.9. The van der Waals surface area contributed by atoms with Gasteiger partial charge in [0.05, 0.1) is 22.1 Å². The number of urea groups is 1. The minimum Gasteiger partial charge on any atom is -0.480 e. The number of amides is 4. The Balaban J connectivity index is 2.14. The Labute approximate surface area is 302 Å². The van der Waals surface area contributed by atoms with E-state index in [-0.39, 0.29) is 22.5 Å². The smallest absolute Gasteiger partial charge is 0.412 e. The first-order valence-electron chi connectivity index (χ1n) is 17.8. The number of hydrogen-bond donors (Lipinski definition) is 3.